The second-order valence-corrected chi connectivity index (χ2v) is 9.86. The molecule has 2 atom stereocenters. The van der Waals surface area contributed by atoms with Crippen LogP contribution in [0.15, 0.2) is 36.8 Å². The average Bonchev–Trinajstić information content (AvgIpc) is 3.33. The number of carbonyl (C=O) groups excluding carboxylic acids is 1. The van der Waals surface area contributed by atoms with Crippen molar-refractivity contribution in [1.82, 2.24) is 19.4 Å². The van der Waals surface area contributed by atoms with Gasteiger partial charge in [0.25, 0.3) is 0 Å². The van der Waals surface area contributed by atoms with E-state index < -0.39 is 0 Å². The van der Waals surface area contributed by atoms with E-state index in [1.54, 1.807) is 0 Å². The third-order valence-corrected chi connectivity index (χ3v) is 6.78. The summed E-state index contributed by atoms with van der Waals surface area (Å²) in [4.78, 5) is 22.6. The van der Waals surface area contributed by atoms with Crippen LogP contribution < -0.4 is 4.74 Å². The zero-order valence-corrected chi connectivity index (χ0v) is 19.5. The number of nitrogens with zero attached hydrogens (tertiary/aromatic N) is 4. The van der Waals surface area contributed by atoms with Gasteiger partial charge in [0.1, 0.15) is 5.75 Å². The van der Waals surface area contributed by atoms with Gasteiger partial charge in [0, 0.05) is 51.4 Å². The molecule has 2 aromatic rings. The minimum absolute atomic E-state index is 0.131. The zero-order chi connectivity index (χ0) is 22.2. The smallest absolute Gasteiger partial charge is 0.230 e. The highest BCUT2D eigenvalue weighted by Gasteiger charge is 2.55. The lowest BCUT2D eigenvalue weighted by atomic mass is 9.70. The van der Waals surface area contributed by atoms with Crippen molar-refractivity contribution in [2.24, 2.45) is 5.41 Å². The summed E-state index contributed by atoms with van der Waals surface area (Å²) in [6, 6.07) is 8.73. The standard InChI is InChI=1S/C25H36N4O2/c1-18(2)29-15-23(26-17-29)22-14-28(16-25(22)11-6-12-27(5)24(25)30)13-20-7-9-21(10-8-20)31-19(3)4/h7-10,15,17-19,22H,6,11-14,16H2,1-5H3/t22-,25+/m0/s1. The fraction of sp³-hybridized carbons (Fsp3) is 0.600. The molecule has 0 aliphatic carbocycles. The summed E-state index contributed by atoms with van der Waals surface area (Å²) in [6.45, 7) is 11.7. The molecule has 1 amide bonds. The van der Waals surface area contributed by atoms with Gasteiger partial charge in [0.15, 0.2) is 0 Å². The molecular formula is C25H36N4O2. The first-order valence-electron chi connectivity index (χ1n) is 11.6. The van der Waals surface area contributed by atoms with Crippen LogP contribution in [0.1, 0.15) is 63.8 Å². The zero-order valence-electron chi connectivity index (χ0n) is 19.5. The predicted octanol–water partition coefficient (Wildman–Crippen LogP) is 4.09. The van der Waals surface area contributed by atoms with Crippen molar-refractivity contribution < 1.29 is 9.53 Å². The number of benzene rings is 1. The van der Waals surface area contributed by atoms with E-state index in [2.05, 4.69) is 41.6 Å². The van der Waals surface area contributed by atoms with Gasteiger partial charge in [-0.2, -0.15) is 0 Å². The molecule has 168 valence electrons. The van der Waals surface area contributed by atoms with Crippen LogP contribution in [0.4, 0.5) is 0 Å². The normalized spacial score (nSPS) is 24.7. The summed E-state index contributed by atoms with van der Waals surface area (Å²) in [7, 11) is 1.95. The van der Waals surface area contributed by atoms with Crippen molar-refractivity contribution in [2.75, 3.05) is 26.7 Å². The van der Waals surface area contributed by atoms with Crippen molar-refractivity contribution in [1.29, 1.82) is 0 Å². The van der Waals surface area contributed by atoms with Crippen LogP contribution in [0.3, 0.4) is 0 Å². The topological polar surface area (TPSA) is 50.6 Å². The lowest BCUT2D eigenvalue weighted by Gasteiger charge is -2.40. The van der Waals surface area contributed by atoms with Crippen LogP contribution in [0.25, 0.3) is 0 Å². The van der Waals surface area contributed by atoms with E-state index in [4.69, 9.17) is 9.72 Å². The number of likely N-dealkylation sites (tertiary alicyclic amines) is 2. The van der Waals surface area contributed by atoms with E-state index in [1.807, 2.05) is 44.3 Å². The number of imidazole rings is 1. The Morgan fingerprint density at radius 2 is 1.94 bits per heavy atom. The van der Waals surface area contributed by atoms with E-state index in [1.165, 1.54) is 5.56 Å². The molecule has 6 heteroatoms. The molecule has 2 saturated heterocycles. The summed E-state index contributed by atoms with van der Waals surface area (Å²) in [5, 5.41) is 0. The second-order valence-electron chi connectivity index (χ2n) is 9.86. The lowest BCUT2D eigenvalue weighted by Crippen LogP contribution is -2.50. The number of aromatic nitrogens is 2. The van der Waals surface area contributed by atoms with Gasteiger partial charge in [-0.1, -0.05) is 12.1 Å². The number of rotatable bonds is 6. The minimum Gasteiger partial charge on any atom is -0.491 e. The summed E-state index contributed by atoms with van der Waals surface area (Å²) in [5.74, 6) is 1.31. The van der Waals surface area contributed by atoms with Crippen molar-refractivity contribution in [3.05, 3.63) is 48.0 Å². The fourth-order valence-corrected chi connectivity index (χ4v) is 5.21. The van der Waals surface area contributed by atoms with E-state index in [9.17, 15) is 4.79 Å². The number of amides is 1. The number of ether oxygens (including phenoxy) is 1. The first-order chi connectivity index (χ1) is 14.8. The van der Waals surface area contributed by atoms with Crippen molar-refractivity contribution in [3.63, 3.8) is 0 Å². The second kappa shape index (κ2) is 8.65. The minimum atomic E-state index is -0.371. The summed E-state index contributed by atoms with van der Waals surface area (Å²) in [5.41, 5.74) is 1.93. The number of piperidine rings is 1. The van der Waals surface area contributed by atoms with Gasteiger partial charge in [-0.3, -0.25) is 9.69 Å². The number of carbonyl (C=O) groups is 1. The highest BCUT2D eigenvalue weighted by molar-refractivity contribution is 5.85. The first-order valence-corrected chi connectivity index (χ1v) is 11.6. The molecule has 1 aromatic heterocycles. The van der Waals surface area contributed by atoms with Gasteiger partial charge < -0.3 is 14.2 Å². The van der Waals surface area contributed by atoms with E-state index in [-0.39, 0.29) is 23.3 Å². The van der Waals surface area contributed by atoms with Crippen molar-refractivity contribution >= 4 is 5.91 Å². The molecule has 2 aliphatic heterocycles. The van der Waals surface area contributed by atoms with E-state index in [0.717, 1.165) is 50.5 Å². The third kappa shape index (κ3) is 4.36. The van der Waals surface area contributed by atoms with E-state index >= 15 is 0 Å². The van der Waals surface area contributed by atoms with Crippen LogP contribution in [0.5, 0.6) is 5.75 Å². The Balaban J connectivity index is 1.57. The molecule has 0 N–H and O–H groups in total. The van der Waals surface area contributed by atoms with Gasteiger partial charge in [-0.05, 0) is 58.2 Å². The Labute approximate surface area is 186 Å². The molecule has 6 nitrogen and oxygen atoms in total. The van der Waals surface area contributed by atoms with Gasteiger partial charge >= 0.3 is 0 Å². The quantitative estimate of drug-likeness (QED) is 0.701. The van der Waals surface area contributed by atoms with Crippen LogP contribution in [0.2, 0.25) is 0 Å². The molecule has 1 aromatic carbocycles. The Kier molecular flexibility index (Phi) is 6.11. The Morgan fingerprint density at radius 1 is 1.19 bits per heavy atom. The third-order valence-electron chi connectivity index (χ3n) is 6.78. The average molecular weight is 425 g/mol. The predicted molar refractivity (Wildman–Crippen MR) is 122 cm³/mol. The summed E-state index contributed by atoms with van der Waals surface area (Å²) >= 11 is 0. The Bertz CT molecular complexity index is 905. The molecular weight excluding hydrogens is 388 g/mol. The molecule has 0 radical (unpaired) electrons. The fourth-order valence-electron chi connectivity index (χ4n) is 5.21. The molecule has 0 bridgehead atoms. The molecule has 2 aliphatic rings. The molecule has 2 fully saturated rings. The maximum Gasteiger partial charge on any atom is 0.230 e. The van der Waals surface area contributed by atoms with Crippen molar-refractivity contribution in [2.45, 2.75) is 65.1 Å². The van der Waals surface area contributed by atoms with Crippen molar-refractivity contribution in [3.8, 4) is 5.75 Å². The first kappa shape index (κ1) is 21.9. The molecule has 0 saturated carbocycles. The highest BCUT2D eigenvalue weighted by Crippen LogP contribution is 2.49. The van der Waals surface area contributed by atoms with Gasteiger partial charge in [-0.25, -0.2) is 4.98 Å². The van der Waals surface area contributed by atoms with Crippen LogP contribution in [-0.2, 0) is 11.3 Å². The SMILES string of the molecule is CC(C)Oc1ccc(CN2C[C@@H](c3cn(C(C)C)cn3)[C@@]3(CCCN(C)C3=O)C2)cc1. The van der Waals surface area contributed by atoms with Crippen LogP contribution in [0, 0.1) is 5.41 Å². The molecule has 3 heterocycles. The summed E-state index contributed by atoms with van der Waals surface area (Å²) in [6.07, 6.45) is 6.23. The maximum atomic E-state index is 13.5. The van der Waals surface area contributed by atoms with Crippen LogP contribution >= 0.6 is 0 Å². The van der Waals surface area contributed by atoms with Gasteiger partial charge in [0.05, 0.1) is 23.5 Å². The number of hydrogen-bond acceptors (Lipinski definition) is 4. The number of hydrogen-bond donors (Lipinski definition) is 0. The van der Waals surface area contributed by atoms with Crippen LogP contribution in [-0.4, -0.2) is 58.0 Å². The highest BCUT2D eigenvalue weighted by atomic mass is 16.5. The maximum absolute atomic E-state index is 13.5. The summed E-state index contributed by atoms with van der Waals surface area (Å²) < 4.78 is 7.93. The van der Waals surface area contributed by atoms with Gasteiger partial charge in [0.2, 0.25) is 5.91 Å². The Hall–Kier alpha value is -2.34. The Morgan fingerprint density at radius 3 is 2.58 bits per heavy atom. The lowest BCUT2D eigenvalue weighted by molar-refractivity contribution is -0.145. The largest absolute Gasteiger partial charge is 0.491 e. The monoisotopic (exact) mass is 424 g/mol. The van der Waals surface area contributed by atoms with Gasteiger partial charge in [-0.15, -0.1) is 0 Å². The molecule has 0 unspecified atom stereocenters. The van der Waals surface area contributed by atoms with E-state index in [0.29, 0.717) is 6.04 Å². The molecule has 31 heavy (non-hydrogen) atoms. The molecule has 1 spiro atoms. The molecule has 4 rings (SSSR count).